The van der Waals surface area contributed by atoms with Crippen molar-refractivity contribution >= 4 is 23.4 Å². The van der Waals surface area contributed by atoms with E-state index in [4.69, 9.17) is 4.74 Å². The highest BCUT2D eigenvalue weighted by Gasteiger charge is 2.31. The van der Waals surface area contributed by atoms with Gasteiger partial charge in [0.05, 0.1) is 23.6 Å². The van der Waals surface area contributed by atoms with Crippen LogP contribution in [0.1, 0.15) is 18.9 Å². The van der Waals surface area contributed by atoms with Crippen molar-refractivity contribution < 1.29 is 22.7 Å². The number of rotatable bonds is 6. The number of anilines is 1. The predicted molar refractivity (Wildman–Crippen MR) is 74.2 cm³/mol. The lowest BCUT2D eigenvalue weighted by Gasteiger charge is -2.15. The maximum absolute atomic E-state index is 12.7. The minimum atomic E-state index is -4.46. The molecule has 7 heteroatoms. The normalized spacial score (nSPS) is 11.2. The molecule has 1 rings (SSSR count). The SMILES string of the molecule is CCCOc1ccc(C(F)(F)F)cc1NC(=O)CSC. The molecule has 0 radical (unpaired) electrons. The van der Waals surface area contributed by atoms with Gasteiger partial charge in [-0.3, -0.25) is 4.79 Å². The van der Waals surface area contributed by atoms with E-state index in [1.807, 2.05) is 6.92 Å². The number of amides is 1. The molecular formula is C13H16F3NO2S. The number of benzene rings is 1. The minimum Gasteiger partial charge on any atom is -0.491 e. The van der Waals surface area contributed by atoms with Gasteiger partial charge in [-0.25, -0.2) is 0 Å². The van der Waals surface area contributed by atoms with Crippen LogP contribution in [0.25, 0.3) is 0 Å². The zero-order chi connectivity index (χ0) is 15.2. The Balaban J connectivity index is 3.02. The van der Waals surface area contributed by atoms with Crippen molar-refractivity contribution in [2.75, 3.05) is 23.9 Å². The molecule has 1 aromatic carbocycles. The lowest BCUT2D eigenvalue weighted by Crippen LogP contribution is -2.16. The molecule has 0 aliphatic rings. The van der Waals surface area contributed by atoms with Crippen LogP contribution in [0.2, 0.25) is 0 Å². The third-order valence-corrected chi connectivity index (χ3v) is 2.87. The van der Waals surface area contributed by atoms with E-state index in [0.717, 1.165) is 18.6 Å². The van der Waals surface area contributed by atoms with Gasteiger partial charge in [0.2, 0.25) is 5.91 Å². The molecular weight excluding hydrogens is 291 g/mol. The average molecular weight is 307 g/mol. The summed E-state index contributed by atoms with van der Waals surface area (Å²) < 4.78 is 43.4. The zero-order valence-electron chi connectivity index (χ0n) is 11.2. The molecule has 3 nitrogen and oxygen atoms in total. The van der Waals surface area contributed by atoms with E-state index in [2.05, 4.69) is 5.32 Å². The number of alkyl halides is 3. The molecule has 0 aliphatic heterocycles. The fourth-order valence-corrected chi connectivity index (χ4v) is 1.79. The van der Waals surface area contributed by atoms with E-state index in [0.29, 0.717) is 6.61 Å². The topological polar surface area (TPSA) is 38.3 Å². The van der Waals surface area contributed by atoms with Crippen molar-refractivity contribution in [3.05, 3.63) is 23.8 Å². The van der Waals surface area contributed by atoms with E-state index in [1.54, 1.807) is 6.26 Å². The predicted octanol–water partition coefficient (Wildman–Crippen LogP) is 3.80. The average Bonchev–Trinajstić information content (AvgIpc) is 2.36. The van der Waals surface area contributed by atoms with Crippen LogP contribution in [0, 0.1) is 0 Å². The van der Waals surface area contributed by atoms with E-state index in [1.165, 1.54) is 17.8 Å². The van der Waals surface area contributed by atoms with E-state index >= 15 is 0 Å². The number of carbonyl (C=O) groups excluding carboxylic acids is 1. The first kappa shape index (κ1) is 16.7. The van der Waals surface area contributed by atoms with Crippen LogP contribution in [-0.2, 0) is 11.0 Å². The first-order valence-electron chi connectivity index (χ1n) is 6.01. The van der Waals surface area contributed by atoms with Crippen LogP contribution in [0.5, 0.6) is 5.75 Å². The van der Waals surface area contributed by atoms with Gasteiger partial charge in [-0.2, -0.15) is 24.9 Å². The van der Waals surface area contributed by atoms with Gasteiger partial charge in [0.1, 0.15) is 5.75 Å². The standard InChI is InChI=1S/C13H16F3NO2S/c1-3-6-19-11-5-4-9(13(14,15)16)7-10(11)17-12(18)8-20-2/h4-5,7H,3,6,8H2,1-2H3,(H,17,18). The number of hydrogen-bond acceptors (Lipinski definition) is 3. The van der Waals surface area contributed by atoms with Gasteiger partial charge in [-0.1, -0.05) is 6.92 Å². The summed E-state index contributed by atoms with van der Waals surface area (Å²) in [7, 11) is 0. The molecule has 0 unspecified atom stereocenters. The van der Waals surface area contributed by atoms with Gasteiger partial charge in [-0.05, 0) is 30.9 Å². The van der Waals surface area contributed by atoms with E-state index < -0.39 is 11.7 Å². The van der Waals surface area contributed by atoms with Gasteiger partial charge in [0.15, 0.2) is 0 Å². The van der Waals surface area contributed by atoms with Crippen molar-refractivity contribution in [2.45, 2.75) is 19.5 Å². The molecule has 0 aromatic heterocycles. The van der Waals surface area contributed by atoms with E-state index in [9.17, 15) is 18.0 Å². The summed E-state index contributed by atoms with van der Waals surface area (Å²) in [5, 5.41) is 2.45. The maximum atomic E-state index is 12.7. The molecule has 1 aromatic rings. The summed E-state index contributed by atoms with van der Waals surface area (Å²) in [6.07, 6.45) is -2.00. The summed E-state index contributed by atoms with van der Waals surface area (Å²) in [6.45, 7) is 2.26. The van der Waals surface area contributed by atoms with Crippen LogP contribution in [0.15, 0.2) is 18.2 Å². The van der Waals surface area contributed by atoms with Gasteiger partial charge < -0.3 is 10.1 Å². The Bertz CT molecular complexity index is 463. The highest BCUT2D eigenvalue weighted by atomic mass is 32.2. The third kappa shape index (κ3) is 4.96. The fraction of sp³-hybridized carbons (Fsp3) is 0.462. The van der Waals surface area contributed by atoms with Crippen LogP contribution >= 0.6 is 11.8 Å². The number of thioether (sulfide) groups is 1. The highest BCUT2D eigenvalue weighted by molar-refractivity contribution is 7.99. The number of hydrogen-bond donors (Lipinski definition) is 1. The molecule has 0 aliphatic carbocycles. The quantitative estimate of drug-likeness (QED) is 0.869. The Morgan fingerprint density at radius 2 is 2.10 bits per heavy atom. The van der Waals surface area contributed by atoms with Crippen LogP contribution in [0.4, 0.5) is 18.9 Å². The molecule has 20 heavy (non-hydrogen) atoms. The van der Waals surface area contributed by atoms with Crippen molar-refractivity contribution in [1.82, 2.24) is 0 Å². The molecule has 0 atom stereocenters. The van der Waals surface area contributed by atoms with Gasteiger partial charge in [0, 0.05) is 0 Å². The Hall–Kier alpha value is -1.37. The zero-order valence-corrected chi connectivity index (χ0v) is 12.0. The molecule has 0 heterocycles. The number of ether oxygens (including phenoxy) is 1. The Morgan fingerprint density at radius 3 is 2.65 bits per heavy atom. The van der Waals surface area contributed by atoms with Gasteiger partial charge in [-0.15, -0.1) is 0 Å². The highest BCUT2D eigenvalue weighted by Crippen LogP contribution is 2.35. The second kappa shape index (κ2) is 7.42. The molecule has 1 amide bonds. The summed E-state index contributed by atoms with van der Waals surface area (Å²) in [4.78, 5) is 11.5. The minimum absolute atomic E-state index is 0.0484. The van der Waals surface area contributed by atoms with Gasteiger partial charge in [0.25, 0.3) is 0 Å². The van der Waals surface area contributed by atoms with Crippen LogP contribution < -0.4 is 10.1 Å². The summed E-state index contributed by atoms with van der Waals surface area (Å²) >= 11 is 1.29. The van der Waals surface area contributed by atoms with Crippen LogP contribution in [0.3, 0.4) is 0 Å². The molecule has 0 spiro atoms. The second-order valence-electron chi connectivity index (χ2n) is 4.04. The first-order chi connectivity index (χ1) is 9.38. The molecule has 0 saturated heterocycles. The number of nitrogens with one attached hydrogen (secondary N) is 1. The molecule has 1 N–H and O–H groups in total. The molecule has 0 fully saturated rings. The largest absolute Gasteiger partial charge is 0.491 e. The maximum Gasteiger partial charge on any atom is 0.416 e. The number of carbonyl (C=O) groups is 1. The van der Waals surface area contributed by atoms with Crippen molar-refractivity contribution in [2.24, 2.45) is 0 Å². The summed E-state index contributed by atoms with van der Waals surface area (Å²) in [6, 6.07) is 3.06. The Labute approximate surface area is 119 Å². The van der Waals surface area contributed by atoms with Crippen molar-refractivity contribution in [3.8, 4) is 5.75 Å². The monoisotopic (exact) mass is 307 g/mol. The Kier molecular flexibility index (Phi) is 6.19. The number of halogens is 3. The smallest absolute Gasteiger partial charge is 0.416 e. The Morgan fingerprint density at radius 1 is 1.40 bits per heavy atom. The van der Waals surface area contributed by atoms with Gasteiger partial charge >= 0.3 is 6.18 Å². The third-order valence-electron chi connectivity index (χ3n) is 2.32. The summed E-state index contributed by atoms with van der Waals surface area (Å²) in [5.74, 6) is 0.0520. The first-order valence-corrected chi connectivity index (χ1v) is 7.40. The summed E-state index contributed by atoms with van der Waals surface area (Å²) in [5.41, 5.74) is -0.770. The molecule has 112 valence electrons. The molecule has 0 saturated carbocycles. The van der Waals surface area contributed by atoms with E-state index in [-0.39, 0.29) is 23.1 Å². The lowest BCUT2D eigenvalue weighted by atomic mass is 10.1. The fourth-order valence-electron chi connectivity index (χ4n) is 1.46. The van der Waals surface area contributed by atoms with Crippen molar-refractivity contribution in [1.29, 1.82) is 0 Å². The van der Waals surface area contributed by atoms with Crippen LogP contribution in [-0.4, -0.2) is 24.5 Å². The second-order valence-corrected chi connectivity index (χ2v) is 4.90. The molecule has 0 bridgehead atoms. The lowest BCUT2D eigenvalue weighted by molar-refractivity contribution is -0.137. The van der Waals surface area contributed by atoms with Crippen molar-refractivity contribution in [3.63, 3.8) is 0 Å².